The van der Waals surface area contributed by atoms with E-state index in [1.54, 1.807) is 0 Å². The lowest BCUT2D eigenvalue weighted by Crippen LogP contribution is -2.42. The van der Waals surface area contributed by atoms with Crippen LogP contribution in [0.25, 0.3) is 0 Å². The highest BCUT2D eigenvalue weighted by Crippen LogP contribution is 1.94. The minimum Gasteiger partial charge on any atom is -0.314 e. The van der Waals surface area contributed by atoms with E-state index in [9.17, 15) is 31.2 Å². The van der Waals surface area contributed by atoms with E-state index in [4.69, 9.17) is 0 Å². The molecule has 1 fully saturated rings. The number of nitrogens with zero attached hydrogens (tertiary/aromatic N) is 6. The predicted molar refractivity (Wildman–Crippen MR) is 80.2 cm³/mol. The Hall–Kier alpha value is -0.480. The minimum absolute atomic E-state index is 0.173. The van der Waals surface area contributed by atoms with Gasteiger partial charge in [0.1, 0.15) is 0 Å². The van der Waals surface area contributed by atoms with E-state index >= 15 is 0 Å². The SMILES string of the molecule is ON1CCN(O)CCN(O)CCN(O)CCN(O)CCN(O)CC1. The van der Waals surface area contributed by atoms with Crippen molar-refractivity contribution in [3.8, 4) is 0 Å². The zero-order valence-electron chi connectivity index (χ0n) is 13.9. The Morgan fingerprint density at radius 3 is 0.417 bits per heavy atom. The number of rotatable bonds is 0. The highest BCUT2D eigenvalue weighted by Gasteiger charge is 2.12. The van der Waals surface area contributed by atoms with Crippen LogP contribution >= 0.6 is 0 Å². The molecule has 0 aliphatic carbocycles. The highest BCUT2D eigenvalue weighted by molar-refractivity contribution is 4.58. The van der Waals surface area contributed by atoms with Gasteiger partial charge in [-0.1, -0.05) is 0 Å². The van der Waals surface area contributed by atoms with E-state index in [1.165, 1.54) is 0 Å². The van der Waals surface area contributed by atoms with Crippen LogP contribution < -0.4 is 0 Å². The van der Waals surface area contributed by atoms with E-state index in [1.807, 2.05) is 0 Å². The maximum absolute atomic E-state index is 9.68. The van der Waals surface area contributed by atoms with Gasteiger partial charge in [0.2, 0.25) is 0 Å². The lowest BCUT2D eigenvalue weighted by Gasteiger charge is -2.25. The van der Waals surface area contributed by atoms with Crippen LogP contribution in [0, 0.1) is 0 Å². The molecule has 0 bridgehead atoms. The molecule has 144 valence electrons. The Balaban J connectivity index is 2.47. The quantitative estimate of drug-likeness (QED) is 0.291. The molecule has 1 aliphatic heterocycles. The number of hydrogen-bond donors (Lipinski definition) is 6. The molecule has 12 nitrogen and oxygen atoms in total. The van der Waals surface area contributed by atoms with Crippen molar-refractivity contribution in [3.63, 3.8) is 0 Å². The first-order valence-electron chi connectivity index (χ1n) is 7.99. The van der Waals surface area contributed by atoms with Gasteiger partial charge in [-0.15, -0.1) is 0 Å². The van der Waals surface area contributed by atoms with E-state index in [0.29, 0.717) is 0 Å². The maximum atomic E-state index is 9.68. The molecule has 24 heavy (non-hydrogen) atoms. The van der Waals surface area contributed by atoms with Crippen LogP contribution in [0.3, 0.4) is 0 Å². The molecule has 0 radical (unpaired) electrons. The van der Waals surface area contributed by atoms with Crippen molar-refractivity contribution >= 4 is 0 Å². The fourth-order valence-corrected chi connectivity index (χ4v) is 2.06. The largest absolute Gasteiger partial charge is 0.314 e. The zero-order chi connectivity index (χ0) is 17.9. The maximum Gasteiger partial charge on any atom is 0.0389 e. The molecule has 1 aliphatic rings. The van der Waals surface area contributed by atoms with Crippen LogP contribution in [0.2, 0.25) is 0 Å². The summed E-state index contributed by atoms with van der Waals surface area (Å²) in [7, 11) is 0. The van der Waals surface area contributed by atoms with Crippen LogP contribution in [-0.2, 0) is 0 Å². The molecular weight excluding hydrogens is 324 g/mol. The van der Waals surface area contributed by atoms with Gasteiger partial charge in [-0.2, -0.15) is 30.4 Å². The van der Waals surface area contributed by atoms with Crippen molar-refractivity contribution in [2.75, 3.05) is 78.5 Å². The monoisotopic (exact) mass is 354 g/mol. The van der Waals surface area contributed by atoms with Gasteiger partial charge in [-0.05, 0) is 0 Å². The average molecular weight is 354 g/mol. The van der Waals surface area contributed by atoms with Gasteiger partial charge in [-0.3, -0.25) is 0 Å². The standard InChI is InChI=1S/C12H30N6O6/c19-13-1-2-14(20)5-6-16(22)9-10-18(24)12-11-17(23)8-7-15(21)4-3-13/h19-24H,1-12H2. The van der Waals surface area contributed by atoms with Crippen molar-refractivity contribution < 1.29 is 31.2 Å². The van der Waals surface area contributed by atoms with Crippen molar-refractivity contribution in [2.45, 2.75) is 0 Å². The second-order valence-corrected chi connectivity index (χ2v) is 5.72. The molecule has 1 saturated heterocycles. The number of hydrogen-bond acceptors (Lipinski definition) is 12. The third kappa shape index (κ3) is 10.4. The Bertz CT molecular complexity index is 229. The van der Waals surface area contributed by atoms with Gasteiger partial charge < -0.3 is 31.2 Å². The summed E-state index contributed by atoms with van der Waals surface area (Å²) in [6.07, 6.45) is 0. The lowest BCUT2D eigenvalue weighted by atomic mass is 10.4. The summed E-state index contributed by atoms with van der Waals surface area (Å²) in [5.74, 6) is 0. The van der Waals surface area contributed by atoms with Crippen molar-refractivity contribution in [1.29, 1.82) is 0 Å². The van der Waals surface area contributed by atoms with Gasteiger partial charge in [0, 0.05) is 78.5 Å². The van der Waals surface area contributed by atoms with Crippen molar-refractivity contribution in [1.82, 2.24) is 30.4 Å². The van der Waals surface area contributed by atoms with Gasteiger partial charge in [0.05, 0.1) is 0 Å². The van der Waals surface area contributed by atoms with Crippen molar-refractivity contribution in [3.05, 3.63) is 0 Å². The van der Waals surface area contributed by atoms with Crippen LogP contribution in [0.1, 0.15) is 0 Å². The van der Waals surface area contributed by atoms with Gasteiger partial charge >= 0.3 is 0 Å². The normalized spacial score (nSPS) is 26.2. The Morgan fingerprint density at radius 1 is 0.250 bits per heavy atom. The summed E-state index contributed by atoms with van der Waals surface area (Å²) in [6.45, 7) is 2.08. The molecule has 6 N–H and O–H groups in total. The molecule has 0 atom stereocenters. The van der Waals surface area contributed by atoms with E-state index in [2.05, 4.69) is 0 Å². The van der Waals surface area contributed by atoms with Crippen LogP contribution in [0.5, 0.6) is 0 Å². The third-order valence-corrected chi connectivity index (χ3v) is 3.70. The summed E-state index contributed by atoms with van der Waals surface area (Å²) >= 11 is 0. The molecule has 0 aromatic carbocycles. The molecule has 0 saturated carbocycles. The third-order valence-electron chi connectivity index (χ3n) is 3.70. The van der Waals surface area contributed by atoms with E-state index in [0.717, 1.165) is 30.4 Å². The first-order chi connectivity index (χ1) is 11.4. The molecular formula is C12H30N6O6. The topological polar surface area (TPSA) is 141 Å². The molecule has 0 aromatic heterocycles. The first-order valence-corrected chi connectivity index (χ1v) is 7.99. The predicted octanol–water partition coefficient (Wildman–Crippen LogP) is -1.85. The first kappa shape index (κ1) is 21.6. The summed E-state index contributed by atoms with van der Waals surface area (Å²) < 4.78 is 0. The summed E-state index contributed by atoms with van der Waals surface area (Å²) in [6, 6.07) is 0. The molecule has 1 rings (SSSR count). The second kappa shape index (κ2) is 12.0. The molecule has 0 amide bonds. The molecule has 0 spiro atoms. The highest BCUT2D eigenvalue weighted by atomic mass is 16.5. The molecule has 0 aromatic rings. The van der Waals surface area contributed by atoms with Crippen LogP contribution in [-0.4, -0.2) is 140 Å². The zero-order valence-corrected chi connectivity index (χ0v) is 13.9. The van der Waals surface area contributed by atoms with Crippen molar-refractivity contribution in [2.24, 2.45) is 0 Å². The van der Waals surface area contributed by atoms with Crippen LogP contribution in [0.4, 0.5) is 0 Å². The smallest absolute Gasteiger partial charge is 0.0389 e. The van der Waals surface area contributed by atoms with Gasteiger partial charge in [0.25, 0.3) is 0 Å². The summed E-state index contributed by atoms with van der Waals surface area (Å²) in [5, 5.41) is 63.9. The summed E-state index contributed by atoms with van der Waals surface area (Å²) in [4.78, 5) is 0. The molecule has 12 heteroatoms. The Morgan fingerprint density at radius 2 is 0.333 bits per heavy atom. The van der Waals surface area contributed by atoms with Gasteiger partial charge in [0.15, 0.2) is 0 Å². The fourth-order valence-electron chi connectivity index (χ4n) is 2.06. The fraction of sp³-hybridized carbons (Fsp3) is 1.00. The lowest BCUT2D eigenvalue weighted by molar-refractivity contribution is -0.184. The van der Waals surface area contributed by atoms with Gasteiger partial charge in [-0.25, -0.2) is 0 Å². The number of hydroxylamine groups is 12. The minimum atomic E-state index is 0.173. The molecule has 1 heterocycles. The van der Waals surface area contributed by atoms with E-state index < -0.39 is 0 Å². The average Bonchev–Trinajstić information content (AvgIpc) is 2.56. The summed E-state index contributed by atoms with van der Waals surface area (Å²) in [5.41, 5.74) is 0. The Labute approximate surface area is 141 Å². The second-order valence-electron chi connectivity index (χ2n) is 5.72. The Kier molecular flexibility index (Phi) is 10.8. The van der Waals surface area contributed by atoms with Crippen LogP contribution in [0.15, 0.2) is 0 Å². The molecule has 0 unspecified atom stereocenters. The van der Waals surface area contributed by atoms with E-state index in [-0.39, 0.29) is 78.5 Å².